The second-order valence-electron chi connectivity index (χ2n) is 7.33. The van der Waals surface area contributed by atoms with Crippen molar-refractivity contribution < 1.29 is 9.90 Å². The standard InChI is InChI=1S/C21H23N5O2/c1-14-12-25(2)13-19(14)26-20(17(10-23-26)15-6-4-3-5-7-15)24-18-11-22-9-8-16(18)21(27)28/h3-11,14,19,24H,12-13H2,1-2H3,(H,27,28). The maximum Gasteiger partial charge on any atom is 0.337 e. The molecule has 3 heterocycles. The molecule has 2 aromatic heterocycles. The molecule has 0 bridgehead atoms. The summed E-state index contributed by atoms with van der Waals surface area (Å²) in [6.07, 6.45) is 4.87. The lowest BCUT2D eigenvalue weighted by Gasteiger charge is -2.20. The van der Waals surface area contributed by atoms with Crippen LogP contribution < -0.4 is 5.32 Å². The van der Waals surface area contributed by atoms with E-state index < -0.39 is 5.97 Å². The number of nitrogens with one attached hydrogen (secondary N) is 1. The lowest BCUT2D eigenvalue weighted by atomic mass is 10.1. The minimum atomic E-state index is -0.994. The van der Waals surface area contributed by atoms with E-state index in [1.807, 2.05) is 41.2 Å². The number of anilines is 2. The molecule has 1 fully saturated rings. The van der Waals surface area contributed by atoms with Gasteiger partial charge in [-0.05, 0) is 24.6 Å². The quantitative estimate of drug-likeness (QED) is 0.708. The summed E-state index contributed by atoms with van der Waals surface area (Å²) in [7, 11) is 2.11. The molecule has 28 heavy (non-hydrogen) atoms. The Morgan fingerprint density at radius 1 is 1.18 bits per heavy atom. The van der Waals surface area contributed by atoms with Crippen LogP contribution in [0, 0.1) is 5.92 Å². The van der Waals surface area contributed by atoms with Crippen molar-refractivity contribution in [3.63, 3.8) is 0 Å². The first-order valence-electron chi connectivity index (χ1n) is 9.30. The van der Waals surface area contributed by atoms with Gasteiger partial charge in [-0.3, -0.25) is 4.98 Å². The van der Waals surface area contributed by atoms with Gasteiger partial charge < -0.3 is 15.3 Å². The Hall–Kier alpha value is -3.19. The fraction of sp³-hybridized carbons (Fsp3) is 0.286. The van der Waals surface area contributed by atoms with Crippen LogP contribution in [0.4, 0.5) is 11.5 Å². The molecule has 7 nitrogen and oxygen atoms in total. The number of pyridine rings is 1. The fourth-order valence-corrected chi connectivity index (χ4v) is 3.88. The number of hydrogen-bond acceptors (Lipinski definition) is 5. The molecule has 0 saturated carbocycles. The van der Waals surface area contributed by atoms with Gasteiger partial charge in [0.25, 0.3) is 0 Å². The fourth-order valence-electron chi connectivity index (χ4n) is 3.88. The van der Waals surface area contributed by atoms with Gasteiger partial charge in [0.2, 0.25) is 0 Å². The van der Waals surface area contributed by atoms with E-state index in [1.165, 1.54) is 12.3 Å². The van der Waals surface area contributed by atoms with Gasteiger partial charge in [-0.25, -0.2) is 9.48 Å². The van der Waals surface area contributed by atoms with E-state index in [1.54, 1.807) is 6.20 Å². The van der Waals surface area contributed by atoms with E-state index in [0.29, 0.717) is 11.6 Å². The molecular weight excluding hydrogens is 354 g/mol. The minimum Gasteiger partial charge on any atom is -0.478 e. The summed E-state index contributed by atoms with van der Waals surface area (Å²) in [6.45, 7) is 4.11. The van der Waals surface area contributed by atoms with Gasteiger partial charge in [-0.15, -0.1) is 0 Å². The zero-order valence-corrected chi connectivity index (χ0v) is 15.9. The third kappa shape index (κ3) is 3.36. The molecule has 0 spiro atoms. The summed E-state index contributed by atoms with van der Waals surface area (Å²) < 4.78 is 2.00. The number of carbonyl (C=O) groups is 1. The van der Waals surface area contributed by atoms with Gasteiger partial charge in [0.15, 0.2) is 0 Å². The van der Waals surface area contributed by atoms with Gasteiger partial charge in [0.1, 0.15) is 5.82 Å². The predicted molar refractivity (Wildman–Crippen MR) is 108 cm³/mol. The highest BCUT2D eigenvalue weighted by Crippen LogP contribution is 2.36. The number of rotatable bonds is 5. The van der Waals surface area contributed by atoms with Gasteiger partial charge in [0.05, 0.1) is 29.7 Å². The first-order valence-corrected chi connectivity index (χ1v) is 9.30. The monoisotopic (exact) mass is 377 g/mol. The molecule has 144 valence electrons. The first-order chi connectivity index (χ1) is 13.5. The molecule has 1 aromatic carbocycles. The highest BCUT2D eigenvalue weighted by atomic mass is 16.4. The van der Waals surface area contributed by atoms with Crippen LogP contribution in [0.3, 0.4) is 0 Å². The van der Waals surface area contributed by atoms with E-state index >= 15 is 0 Å². The van der Waals surface area contributed by atoms with Crippen LogP contribution in [-0.4, -0.2) is 50.9 Å². The third-order valence-corrected chi connectivity index (χ3v) is 5.25. The molecule has 0 aliphatic carbocycles. The maximum atomic E-state index is 11.6. The number of aromatic carboxylic acids is 1. The Morgan fingerprint density at radius 3 is 2.64 bits per heavy atom. The van der Waals surface area contributed by atoms with Crippen LogP contribution in [0.15, 0.2) is 55.0 Å². The van der Waals surface area contributed by atoms with Crippen LogP contribution in [-0.2, 0) is 0 Å². The number of aromatic nitrogens is 3. The molecule has 3 aromatic rings. The zero-order chi connectivity index (χ0) is 19.7. The lowest BCUT2D eigenvalue weighted by Crippen LogP contribution is -2.20. The highest BCUT2D eigenvalue weighted by molar-refractivity contribution is 5.95. The van der Waals surface area contributed by atoms with Crippen molar-refractivity contribution in [3.05, 3.63) is 60.6 Å². The molecular formula is C21H23N5O2. The molecule has 1 aliphatic heterocycles. The summed E-state index contributed by atoms with van der Waals surface area (Å²) in [5.41, 5.74) is 2.59. The van der Waals surface area contributed by atoms with Gasteiger partial charge in [-0.1, -0.05) is 37.3 Å². The molecule has 4 rings (SSSR count). The topological polar surface area (TPSA) is 83.3 Å². The second kappa shape index (κ2) is 7.44. The number of benzene rings is 1. The van der Waals surface area contributed by atoms with E-state index in [0.717, 1.165) is 30.0 Å². The molecule has 1 saturated heterocycles. The average molecular weight is 377 g/mol. The molecule has 0 radical (unpaired) electrons. The molecule has 0 amide bonds. The summed E-state index contributed by atoms with van der Waals surface area (Å²) in [4.78, 5) is 18.0. The highest BCUT2D eigenvalue weighted by Gasteiger charge is 2.32. The maximum absolute atomic E-state index is 11.6. The van der Waals surface area contributed by atoms with Crippen molar-refractivity contribution in [3.8, 4) is 11.1 Å². The SMILES string of the molecule is CC1CN(C)CC1n1ncc(-c2ccccc2)c1Nc1cnccc1C(=O)O. The van der Waals surface area contributed by atoms with Crippen molar-refractivity contribution in [1.29, 1.82) is 0 Å². The number of likely N-dealkylation sites (N-methyl/N-ethyl adjacent to an activating group) is 1. The number of carboxylic acids is 1. The third-order valence-electron chi connectivity index (χ3n) is 5.25. The Morgan fingerprint density at radius 2 is 1.96 bits per heavy atom. The van der Waals surface area contributed by atoms with E-state index in [9.17, 15) is 9.90 Å². The number of nitrogens with zero attached hydrogens (tertiary/aromatic N) is 4. The first kappa shape index (κ1) is 18.2. The smallest absolute Gasteiger partial charge is 0.337 e. The second-order valence-corrected chi connectivity index (χ2v) is 7.33. The van der Waals surface area contributed by atoms with Crippen LogP contribution in [0.25, 0.3) is 11.1 Å². The molecule has 2 N–H and O–H groups in total. The van der Waals surface area contributed by atoms with Crippen LogP contribution in [0.2, 0.25) is 0 Å². The Kier molecular flexibility index (Phi) is 4.83. The van der Waals surface area contributed by atoms with Crippen LogP contribution in [0.1, 0.15) is 23.3 Å². The molecule has 2 atom stereocenters. The minimum absolute atomic E-state index is 0.179. The average Bonchev–Trinajstić information content (AvgIpc) is 3.25. The van der Waals surface area contributed by atoms with Gasteiger partial charge >= 0.3 is 5.97 Å². The Balaban J connectivity index is 1.82. The van der Waals surface area contributed by atoms with Crippen LogP contribution in [0.5, 0.6) is 0 Å². The number of likely N-dealkylation sites (tertiary alicyclic amines) is 1. The Labute approximate surface area is 163 Å². The summed E-state index contributed by atoms with van der Waals surface area (Å²) in [6, 6.07) is 11.7. The van der Waals surface area contributed by atoms with Crippen molar-refractivity contribution in [1.82, 2.24) is 19.7 Å². The van der Waals surface area contributed by atoms with Gasteiger partial charge in [-0.2, -0.15) is 5.10 Å². The summed E-state index contributed by atoms with van der Waals surface area (Å²) >= 11 is 0. The number of carboxylic acid groups (broad SMARTS) is 1. The lowest BCUT2D eigenvalue weighted by molar-refractivity contribution is 0.0698. The molecule has 1 aliphatic rings. The Bertz CT molecular complexity index is 985. The van der Waals surface area contributed by atoms with E-state index in [2.05, 4.69) is 34.3 Å². The van der Waals surface area contributed by atoms with Gasteiger partial charge in [0, 0.05) is 24.8 Å². The zero-order valence-electron chi connectivity index (χ0n) is 15.9. The van der Waals surface area contributed by atoms with Crippen molar-refractivity contribution in [2.45, 2.75) is 13.0 Å². The predicted octanol–water partition coefficient (Wildman–Crippen LogP) is 3.51. The molecule has 7 heteroatoms. The summed E-state index contributed by atoms with van der Waals surface area (Å²) in [5, 5.41) is 17.6. The normalized spacial score (nSPS) is 19.6. The van der Waals surface area contributed by atoms with Crippen molar-refractivity contribution >= 4 is 17.5 Å². The van der Waals surface area contributed by atoms with E-state index in [-0.39, 0.29) is 11.6 Å². The largest absolute Gasteiger partial charge is 0.478 e. The van der Waals surface area contributed by atoms with Crippen LogP contribution >= 0.6 is 0 Å². The van der Waals surface area contributed by atoms with E-state index in [4.69, 9.17) is 0 Å². The van der Waals surface area contributed by atoms with Crippen molar-refractivity contribution in [2.75, 3.05) is 25.5 Å². The summed E-state index contributed by atoms with van der Waals surface area (Å²) in [5.74, 6) is 0.224. The molecule has 2 unspecified atom stereocenters. The van der Waals surface area contributed by atoms with Crippen molar-refractivity contribution in [2.24, 2.45) is 5.92 Å². The number of hydrogen-bond donors (Lipinski definition) is 2.